The van der Waals surface area contributed by atoms with Crippen molar-refractivity contribution < 1.29 is 0 Å². The smallest absolute Gasteiger partial charge is 0.193 e. The van der Waals surface area contributed by atoms with Gasteiger partial charge in [-0.3, -0.25) is 4.99 Å². The van der Waals surface area contributed by atoms with E-state index in [4.69, 9.17) is 5.73 Å². The highest BCUT2D eigenvalue weighted by Crippen LogP contribution is 2.18. The number of benzene rings is 1. The van der Waals surface area contributed by atoms with Gasteiger partial charge >= 0.3 is 0 Å². The van der Waals surface area contributed by atoms with Crippen LogP contribution in [0.15, 0.2) is 41.4 Å². The molecule has 1 rings (SSSR count). The Labute approximate surface area is 110 Å². The molecule has 3 nitrogen and oxygen atoms in total. The number of nitrogens with zero attached hydrogens (tertiary/aromatic N) is 1. The minimum Gasteiger partial charge on any atom is -0.370 e. The molecular weight excluding hydrogens is 222 g/mol. The van der Waals surface area contributed by atoms with Crippen molar-refractivity contribution in [3.8, 4) is 0 Å². The van der Waals surface area contributed by atoms with Crippen molar-refractivity contribution in [2.24, 2.45) is 10.7 Å². The zero-order valence-electron chi connectivity index (χ0n) is 11.5. The Kier molecular flexibility index (Phi) is 5.98. The van der Waals surface area contributed by atoms with Crippen LogP contribution in [-0.2, 0) is 0 Å². The van der Waals surface area contributed by atoms with E-state index in [1.54, 1.807) is 0 Å². The normalized spacial score (nSPS) is 12.3. The number of allylic oxidation sites excluding steroid dienone is 1. The van der Waals surface area contributed by atoms with Crippen molar-refractivity contribution in [1.82, 2.24) is 0 Å². The first-order valence-electron chi connectivity index (χ1n) is 6.41. The molecule has 0 bridgehead atoms. The molecule has 0 aliphatic carbocycles. The van der Waals surface area contributed by atoms with E-state index in [1.165, 1.54) is 5.56 Å². The van der Waals surface area contributed by atoms with Gasteiger partial charge in [-0.15, -0.1) is 0 Å². The molecule has 0 amide bonds. The van der Waals surface area contributed by atoms with Crippen LogP contribution in [0, 0.1) is 0 Å². The molecular formula is C15H23N3. The topological polar surface area (TPSA) is 50.4 Å². The molecule has 0 aliphatic heterocycles. The standard InChI is InChI=1S/C15H23N3/c1-4-5-6-10-17-15(16)18-14-9-7-8-13(11-14)12(2)3/h4-5,7-9,11-12H,6,10H2,1-3H3,(H3,16,17,18). The lowest BCUT2D eigenvalue weighted by Crippen LogP contribution is -2.22. The zero-order valence-corrected chi connectivity index (χ0v) is 11.5. The molecule has 1 aromatic rings. The van der Waals surface area contributed by atoms with Gasteiger partial charge in [-0.1, -0.05) is 38.1 Å². The Morgan fingerprint density at radius 2 is 2.22 bits per heavy atom. The summed E-state index contributed by atoms with van der Waals surface area (Å²) in [5.74, 6) is 0.986. The average Bonchev–Trinajstić information content (AvgIpc) is 2.35. The SMILES string of the molecule is CC=CCCN=C(N)Nc1cccc(C(C)C)c1. The number of aliphatic imine (C=N–C) groups is 1. The van der Waals surface area contributed by atoms with Crippen molar-refractivity contribution in [1.29, 1.82) is 0 Å². The van der Waals surface area contributed by atoms with E-state index in [0.29, 0.717) is 18.4 Å². The third kappa shape index (κ3) is 5.04. The van der Waals surface area contributed by atoms with Crippen molar-refractivity contribution in [2.75, 3.05) is 11.9 Å². The second-order valence-electron chi connectivity index (χ2n) is 4.53. The molecule has 3 N–H and O–H groups in total. The Morgan fingerprint density at radius 1 is 1.44 bits per heavy atom. The van der Waals surface area contributed by atoms with Gasteiger partial charge in [-0.05, 0) is 37.0 Å². The van der Waals surface area contributed by atoms with Crippen LogP contribution in [0.5, 0.6) is 0 Å². The number of hydrogen-bond donors (Lipinski definition) is 2. The number of rotatable bonds is 5. The fourth-order valence-corrected chi connectivity index (χ4v) is 1.59. The van der Waals surface area contributed by atoms with Gasteiger partial charge in [0, 0.05) is 12.2 Å². The first-order chi connectivity index (χ1) is 8.63. The number of nitrogens with one attached hydrogen (secondary N) is 1. The van der Waals surface area contributed by atoms with Crippen LogP contribution < -0.4 is 11.1 Å². The molecule has 0 saturated heterocycles. The summed E-state index contributed by atoms with van der Waals surface area (Å²) in [5, 5.41) is 3.12. The predicted octanol–water partition coefficient (Wildman–Crippen LogP) is 3.50. The van der Waals surface area contributed by atoms with Gasteiger partial charge < -0.3 is 11.1 Å². The second-order valence-corrected chi connectivity index (χ2v) is 4.53. The van der Waals surface area contributed by atoms with Crippen molar-refractivity contribution >= 4 is 11.6 Å². The minimum absolute atomic E-state index is 0.473. The second kappa shape index (κ2) is 7.54. The number of guanidine groups is 1. The van der Waals surface area contributed by atoms with Crippen LogP contribution in [0.25, 0.3) is 0 Å². The Morgan fingerprint density at radius 3 is 2.89 bits per heavy atom. The van der Waals surface area contributed by atoms with E-state index in [-0.39, 0.29) is 0 Å². The van der Waals surface area contributed by atoms with E-state index in [9.17, 15) is 0 Å². The molecule has 3 heteroatoms. The van der Waals surface area contributed by atoms with Crippen LogP contribution in [0.2, 0.25) is 0 Å². The highest BCUT2D eigenvalue weighted by Gasteiger charge is 2.00. The molecule has 0 spiro atoms. The van der Waals surface area contributed by atoms with Gasteiger partial charge in [0.1, 0.15) is 0 Å². The Bertz CT molecular complexity index is 420. The number of hydrogen-bond acceptors (Lipinski definition) is 1. The third-order valence-corrected chi connectivity index (χ3v) is 2.64. The molecule has 0 saturated carbocycles. The van der Waals surface area contributed by atoms with Crippen molar-refractivity contribution in [2.45, 2.75) is 33.1 Å². The van der Waals surface area contributed by atoms with E-state index in [2.05, 4.69) is 42.4 Å². The summed E-state index contributed by atoms with van der Waals surface area (Å²) in [6.07, 6.45) is 5.02. The molecule has 0 fully saturated rings. The lowest BCUT2D eigenvalue weighted by Gasteiger charge is -2.09. The summed E-state index contributed by atoms with van der Waals surface area (Å²) in [6, 6.07) is 8.26. The van der Waals surface area contributed by atoms with E-state index < -0.39 is 0 Å². The third-order valence-electron chi connectivity index (χ3n) is 2.64. The number of anilines is 1. The van der Waals surface area contributed by atoms with E-state index in [0.717, 1.165) is 12.1 Å². The molecule has 0 aliphatic rings. The summed E-state index contributed by atoms with van der Waals surface area (Å²) < 4.78 is 0. The molecule has 98 valence electrons. The lowest BCUT2D eigenvalue weighted by molar-refractivity contribution is 0.867. The molecule has 0 radical (unpaired) electrons. The molecule has 0 atom stereocenters. The van der Waals surface area contributed by atoms with E-state index >= 15 is 0 Å². The largest absolute Gasteiger partial charge is 0.370 e. The van der Waals surface area contributed by atoms with Crippen molar-refractivity contribution in [3.63, 3.8) is 0 Å². The first-order valence-corrected chi connectivity index (χ1v) is 6.41. The van der Waals surface area contributed by atoms with Gasteiger partial charge in [0.2, 0.25) is 0 Å². The molecule has 0 unspecified atom stereocenters. The minimum atomic E-state index is 0.473. The van der Waals surface area contributed by atoms with Gasteiger partial charge in [0.05, 0.1) is 0 Å². The van der Waals surface area contributed by atoms with Gasteiger partial charge in [-0.25, -0.2) is 0 Å². The summed E-state index contributed by atoms with van der Waals surface area (Å²) in [4.78, 5) is 4.26. The van der Waals surface area contributed by atoms with Crippen LogP contribution in [0.3, 0.4) is 0 Å². The maximum absolute atomic E-state index is 5.83. The van der Waals surface area contributed by atoms with Gasteiger partial charge in [-0.2, -0.15) is 0 Å². The Balaban J connectivity index is 2.58. The maximum atomic E-state index is 5.83. The van der Waals surface area contributed by atoms with Crippen molar-refractivity contribution in [3.05, 3.63) is 42.0 Å². The summed E-state index contributed by atoms with van der Waals surface area (Å²) in [5.41, 5.74) is 8.12. The molecule has 0 heterocycles. The maximum Gasteiger partial charge on any atom is 0.193 e. The van der Waals surface area contributed by atoms with Gasteiger partial charge in [0.25, 0.3) is 0 Å². The molecule has 18 heavy (non-hydrogen) atoms. The molecule has 1 aromatic carbocycles. The van der Waals surface area contributed by atoms with Crippen LogP contribution >= 0.6 is 0 Å². The highest BCUT2D eigenvalue weighted by molar-refractivity contribution is 5.92. The Hall–Kier alpha value is -1.77. The highest BCUT2D eigenvalue weighted by atomic mass is 15.1. The first kappa shape index (κ1) is 14.3. The summed E-state index contributed by atoms with van der Waals surface area (Å²) in [7, 11) is 0. The fourth-order valence-electron chi connectivity index (χ4n) is 1.59. The van der Waals surface area contributed by atoms with E-state index in [1.807, 2.05) is 25.1 Å². The van der Waals surface area contributed by atoms with Crippen LogP contribution in [-0.4, -0.2) is 12.5 Å². The fraction of sp³-hybridized carbons (Fsp3) is 0.400. The van der Waals surface area contributed by atoms with Gasteiger partial charge in [0.15, 0.2) is 5.96 Å². The number of nitrogens with two attached hydrogens (primary N) is 1. The van der Waals surface area contributed by atoms with Crippen LogP contribution in [0.4, 0.5) is 5.69 Å². The lowest BCUT2D eigenvalue weighted by atomic mass is 10.0. The summed E-state index contributed by atoms with van der Waals surface area (Å²) >= 11 is 0. The average molecular weight is 245 g/mol. The zero-order chi connectivity index (χ0) is 13.4. The predicted molar refractivity (Wildman–Crippen MR) is 80.1 cm³/mol. The van der Waals surface area contributed by atoms with Crippen LogP contribution in [0.1, 0.15) is 38.7 Å². The monoisotopic (exact) mass is 245 g/mol. The quantitative estimate of drug-likeness (QED) is 0.361. The molecule has 0 aromatic heterocycles. The summed E-state index contributed by atoms with van der Waals surface area (Å²) in [6.45, 7) is 7.07.